The third-order valence-corrected chi connectivity index (χ3v) is 3.53. The smallest absolute Gasteiger partial charge is 0.342 e. The van der Waals surface area contributed by atoms with Gasteiger partial charge in [0.25, 0.3) is 0 Å². The van der Waals surface area contributed by atoms with Crippen molar-refractivity contribution < 1.29 is 9.53 Å². The Bertz CT molecular complexity index is 848. The predicted molar refractivity (Wildman–Crippen MR) is 91.2 cm³/mol. The van der Waals surface area contributed by atoms with Crippen molar-refractivity contribution in [3.63, 3.8) is 0 Å². The molecule has 4 heteroatoms. The first-order valence-corrected chi connectivity index (χ1v) is 7.54. The van der Waals surface area contributed by atoms with Crippen LogP contribution in [0.15, 0.2) is 73.1 Å². The van der Waals surface area contributed by atoms with Crippen molar-refractivity contribution in [2.24, 2.45) is 0 Å². The molecule has 0 spiro atoms. The zero-order chi connectivity index (χ0) is 16.8. The Morgan fingerprint density at radius 1 is 1.12 bits per heavy atom. The second kappa shape index (κ2) is 7.30. The van der Waals surface area contributed by atoms with E-state index in [9.17, 15) is 4.79 Å². The van der Waals surface area contributed by atoms with Gasteiger partial charge in [-0.15, -0.1) is 6.42 Å². The van der Waals surface area contributed by atoms with Gasteiger partial charge in [0.15, 0.2) is 6.10 Å². The molecule has 0 saturated heterocycles. The van der Waals surface area contributed by atoms with Crippen LogP contribution in [-0.4, -0.2) is 15.7 Å². The fourth-order valence-electron chi connectivity index (χ4n) is 2.33. The van der Waals surface area contributed by atoms with Gasteiger partial charge in [-0.05, 0) is 5.56 Å². The lowest BCUT2D eigenvalue weighted by molar-refractivity contribution is 0.0408. The summed E-state index contributed by atoms with van der Waals surface area (Å²) in [6, 6.07) is 19.1. The summed E-state index contributed by atoms with van der Waals surface area (Å²) >= 11 is 0. The zero-order valence-corrected chi connectivity index (χ0v) is 13.0. The van der Waals surface area contributed by atoms with Crippen molar-refractivity contribution in [3.8, 4) is 12.3 Å². The van der Waals surface area contributed by atoms with E-state index in [4.69, 9.17) is 11.2 Å². The second-order valence-electron chi connectivity index (χ2n) is 5.27. The monoisotopic (exact) mass is 316 g/mol. The van der Waals surface area contributed by atoms with Gasteiger partial charge in [0.2, 0.25) is 0 Å². The highest BCUT2D eigenvalue weighted by atomic mass is 16.5. The van der Waals surface area contributed by atoms with Gasteiger partial charge in [0.05, 0.1) is 18.3 Å². The van der Waals surface area contributed by atoms with E-state index in [1.165, 1.54) is 6.20 Å². The highest BCUT2D eigenvalue weighted by Gasteiger charge is 2.17. The maximum absolute atomic E-state index is 12.3. The van der Waals surface area contributed by atoms with E-state index < -0.39 is 12.1 Å². The number of nitrogens with zero attached hydrogens (tertiary/aromatic N) is 2. The molecule has 0 fully saturated rings. The van der Waals surface area contributed by atoms with Crippen LogP contribution in [0, 0.1) is 12.3 Å². The van der Waals surface area contributed by atoms with Crippen molar-refractivity contribution in [2.45, 2.75) is 12.6 Å². The second-order valence-corrected chi connectivity index (χ2v) is 5.27. The molecule has 3 aromatic rings. The van der Waals surface area contributed by atoms with Crippen molar-refractivity contribution >= 4 is 5.97 Å². The SMILES string of the molecule is C#C[C@H](OC(=O)c1cnn(Cc2ccccc2)c1)c1ccccc1. The maximum Gasteiger partial charge on any atom is 0.342 e. The van der Waals surface area contributed by atoms with E-state index in [2.05, 4.69) is 11.0 Å². The lowest BCUT2D eigenvalue weighted by Gasteiger charge is -2.11. The highest BCUT2D eigenvalue weighted by molar-refractivity contribution is 5.89. The van der Waals surface area contributed by atoms with Crippen molar-refractivity contribution in [1.29, 1.82) is 0 Å². The van der Waals surface area contributed by atoms with E-state index in [1.54, 1.807) is 10.9 Å². The quantitative estimate of drug-likeness (QED) is 0.535. The molecular weight excluding hydrogens is 300 g/mol. The Morgan fingerprint density at radius 2 is 1.79 bits per heavy atom. The van der Waals surface area contributed by atoms with E-state index in [0.29, 0.717) is 12.1 Å². The third kappa shape index (κ3) is 3.71. The van der Waals surface area contributed by atoms with Gasteiger partial charge < -0.3 is 4.74 Å². The van der Waals surface area contributed by atoms with E-state index in [-0.39, 0.29) is 0 Å². The molecular formula is C20H16N2O2. The van der Waals surface area contributed by atoms with Crippen LogP contribution in [0.1, 0.15) is 27.6 Å². The number of hydrogen-bond donors (Lipinski definition) is 0. The Hall–Kier alpha value is -3.32. The zero-order valence-electron chi connectivity index (χ0n) is 13.0. The molecule has 0 saturated carbocycles. The Morgan fingerprint density at radius 3 is 2.46 bits per heavy atom. The van der Waals surface area contributed by atoms with Crippen LogP contribution in [0.4, 0.5) is 0 Å². The molecule has 3 rings (SSSR count). The number of carbonyl (C=O) groups is 1. The van der Waals surface area contributed by atoms with Gasteiger partial charge in [-0.3, -0.25) is 4.68 Å². The van der Waals surface area contributed by atoms with Gasteiger partial charge in [-0.2, -0.15) is 5.10 Å². The normalized spacial score (nSPS) is 11.5. The minimum Gasteiger partial charge on any atom is -0.440 e. The molecule has 1 atom stereocenters. The fourth-order valence-corrected chi connectivity index (χ4v) is 2.33. The summed E-state index contributed by atoms with van der Waals surface area (Å²) in [5.74, 6) is 2.01. The lowest BCUT2D eigenvalue weighted by atomic mass is 10.1. The molecule has 4 nitrogen and oxygen atoms in total. The average Bonchev–Trinajstić information content (AvgIpc) is 3.10. The summed E-state index contributed by atoms with van der Waals surface area (Å²) in [7, 11) is 0. The van der Waals surface area contributed by atoms with E-state index >= 15 is 0 Å². The standard InChI is InChI=1S/C20H16N2O2/c1-2-19(17-11-7-4-8-12-17)24-20(23)18-13-21-22(15-18)14-16-9-5-3-6-10-16/h1,3-13,15,19H,14H2/t19-/m0/s1. The summed E-state index contributed by atoms with van der Waals surface area (Å²) < 4.78 is 7.10. The van der Waals surface area contributed by atoms with E-state index in [0.717, 1.165) is 11.1 Å². The fraction of sp³-hybridized carbons (Fsp3) is 0.100. The summed E-state index contributed by atoms with van der Waals surface area (Å²) in [5, 5.41) is 4.20. The Balaban J connectivity index is 1.68. The Kier molecular flexibility index (Phi) is 4.73. The minimum atomic E-state index is -0.712. The number of aromatic nitrogens is 2. The summed E-state index contributed by atoms with van der Waals surface area (Å²) in [4.78, 5) is 12.3. The summed E-state index contributed by atoms with van der Waals surface area (Å²) in [6.45, 7) is 0.589. The molecule has 1 heterocycles. The van der Waals surface area contributed by atoms with Crippen LogP contribution in [0.3, 0.4) is 0 Å². The molecule has 0 bridgehead atoms. The molecule has 0 aliphatic rings. The van der Waals surface area contributed by atoms with Gasteiger partial charge in [-0.1, -0.05) is 66.6 Å². The first-order valence-electron chi connectivity index (χ1n) is 7.54. The Labute approximate surface area is 140 Å². The number of esters is 1. The molecule has 2 aromatic carbocycles. The van der Waals surface area contributed by atoms with Crippen LogP contribution in [0.25, 0.3) is 0 Å². The number of benzene rings is 2. The van der Waals surface area contributed by atoms with E-state index in [1.807, 2.05) is 60.7 Å². The molecule has 0 aliphatic heterocycles. The van der Waals surface area contributed by atoms with Crippen LogP contribution in [0.5, 0.6) is 0 Å². The maximum atomic E-state index is 12.3. The molecule has 0 N–H and O–H groups in total. The van der Waals surface area contributed by atoms with Crippen LogP contribution >= 0.6 is 0 Å². The molecule has 24 heavy (non-hydrogen) atoms. The summed E-state index contributed by atoms with van der Waals surface area (Å²) in [6.07, 6.45) is 7.93. The van der Waals surface area contributed by atoms with Crippen LogP contribution < -0.4 is 0 Å². The third-order valence-electron chi connectivity index (χ3n) is 3.53. The number of hydrogen-bond acceptors (Lipinski definition) is 3. The highest BCUT2D eigenvalue weighted by Crippen LogP contribution is 2.18. The van der Waals surface area contributed by atoms with Gasteiger partial charge in [0, 0.05) is 11.8 Å². The topological polar surface area (TPSA) is 44.1 Å². The molecule has 0 aliphatic carbocycles. The number of carbonyl (C=O) groups excluding carboxylic acids is 1. The largest absolute Gasteiger partial charge is 0.440 e. The molecule has 0 amide bonds. The van der Waals surface area contributed by atoms with Gasteiger partial charge >= 0.3 is 5.97 Å². The molecule has 1 aromatic heterocycles. The average molecular weight is 316 g/mol. The molecule has 0 unspecified atom stereocenters. The number of terminal acetylenes is 1. The first-order chi connectivity index (χ1) is 11.8. The molecule has 118 valence electrons. The molecule has 0 radical (unpaired) electrons. The van der Waals surface area contributed by atoms with Gasteiger partial charge in [-0.25, -0.2) is 4.79 Å². The van der Waals surface area contributed by atoms with Crippen LogP contribution in [-0.2, 0) is 11.3 Å². The predicted octanol–water partition coefficient (Wildman–Crippen LogP) is 3.46. The summed E-state index contributed by atoms with van der Waals surface area (Å²) in [5.41, 5.74) is 2.25. The first kappa shape index (κ1) is 15.6. The van der Waals surface area contributed by atoms with Crippen LogP contribution in [0.2, 0.25) is 0 Å². The number of ether oxygens (including phenoxy) is 1. The lowest BCUT2D eigenvalue weighted by Crippen LogP contribution is -2.10. The van der Waals surface area contributed by atoms with Crippen molar-refractivity contribution in [2.75, 3.05) is 0 Å². The van der Waals surface area contributed by atoms with Gasteiger partial charge in [0.1, 0.15) is 0 Å². The van der Waals surface area contributed by atoms with Crippen molar-refractivity contribution in [3.05, 3.63) is 89.7 Å². The van der Waals surface area contributed by atoms with Crippen molar-refractivity contribution in [1.82, 2.24) is 9.78 Å². The number of rotatable bonds is 5. The minimum absolute atomic E-state index is 0.377.